The summed E-state index contributed by atoms with van der Waals surface area (Å²) in [7, 11) is 0. The number of likely N-dealkylation sites (tertiary alicyclic amines) is 1. The van der Waals surface area contributed by atoms with E-state index in [1.807, 2.05) is 0 Å². The lowest BCUT2D eigenvalue weighted by Gasteiger charge is -2.38. The van der Waals surface area contributed by atoms with Crippen molar-refractivity contribution in [1.29, 1.82) is 0 Å². The van der Waals surface area contributed by atoms with Crippen LogP contribution in [0.25, 0.3) is 0 Å². The minimum atomic E-state index is -2.51. The van der Waals surface area contributed by atoms with Gasteiger partial charge in [-0.15, -0.1) is 0 Å². The molecule has 0 amide bonds. The molecule has 1 saturated heterocycles. The molecule has 0 saturated carbocycles. The number of rotatable bonds is 2. The Balaban J connectivity index is 1.87. The molecule has 72 valence electrons. The molecule has 2 rings (SSSR count). The van der Waals surface area contributed by atoms with Gasteiger partial charge in [-0.25, -0.2) is 13.8 Å². The summed E-state index contributed by atoms with van der Waals surface area (Å²) in [6.45, 7) is 0.109. The zero-order valence-electron chi connectivity index (χ0n) is 6.93. The molecular formula is C7H10F2N4. The number of hydrogen-bond donors (Lipinski definition) is 2. The van der Waals surface area contributed by atoms with Gasteiger partial charge in [-0.3, -0.25) is 4.90 Å². The van der Waals surface area contributed by atoms with E-state index in [1.54, 1.807) is 11.1 Å². The predicted molar refractivity (Wildman–Crippen MR) is 43.2 cm³/mol. The van der Waals surface area contributed by atoms with Crippen molar-refractivity contribution >= 4 is 5.95 Å². The second-order valence-corrected chi connectivity index (χ2v) is 3.29. The van der Waals surface area contributed by atoms with Crippen molar-refractivity contribution in [3.8, 4) is 0 Å². The van der Waals surface area contributed by atoms with E-state index in [4.69, 9.17) is 5.73 Å². The number of nitrogens with two attached hydrogens (primary N) is 1. The quantitative estimate of drug-likeness (QED) is 0.708. The summed E-state index contributed by atoms with van der Waals surface area (Å²) in [6.07, 6.45) is 1.56. The standard InChI is InChI=1S/C7H10F2N4/c8-7(9)3-13(4-7)2-5-1-11-6(10)12-5/h1H,2-4H2,(H3,10,11,12). The Bertz CT molecular complexity index is 301. The summed E-state index contributed by atoms with van der Waals surface area (Å²) in [4.78, 5) is 8.19. The summed E-state index contributed by atoms with van der Waals surface area (Å²) in [5, 5.41) is 0. The van der Waals surface area contributed by atoms with Gasteiger partial charge in [0.1, 0.15) is 0 Å². The molecule has 0 spiro atoms. The highest BCUT2D eigenvalue weighted by Gasteiger charge is 2.43. The lowest BCUT2D eigenvalue weighted by atomic mass is 10.1. The minimum absolute atomic E-state index is 0.175. The van der Waals surface area contributed by atoms with Gasteiger partial charge in [-0.1, -0.05) is 0 Å². The van der Waals surface area contributed by atoms with E-state index in [0.717, 1.165) is 5.69 Å². The average molecular weight is 188 g/mol. The first-order valence-electron chi connectivity index (χ1n) is 3.95. The number of aromatic amines is 1. The number of nitrogens with one attached hydrogen (secondary N) is 1. The van der Waals surface area contributed by atoms with Gasteiger partial charge in [0.05, 0.1) is 25.0 Å². The second-order valence-electron chi connectivity index (χ2n) is 3.29. The summed E-state index contributed by atoms with van der Waals surface area (Å²) in [5.41, 5.74) is 6.11. The van der Waals surface area contributed by atoms with Crippen LogP contribution in [0.2, 0.25) is 0 Å². The van der Waals surface area contributed by atoms with Gasteiger partial charge in [-0.2, -0.15) is 0 Å². The van der Waals surface area contributed by atoms with E-state index in [0.29, 0.717) is 12.5 Å². The predicted octanol–water partition coefficient (Wildman–Crippen LogP) is 0.443. The maximum atomic E-state index is 12.4. The zero-order valence-corrected chi connectivity index (χ0v) is 6.93. The summed E-state index contributed by atoms with van der Waals surface area (Å²) in [5.74, 6) is -2.19. The Hall–Kier alpha value is -1.17. The molecular weight excluding hydrogens is 178 g/mol. The largest absolute Gasteiger partial charge is 0.369 e. The number of nitrogens with zero attached hydrogens (tertiary/aromatic N) is 2. The van der Waals surface area contributed by atoms with Crippen molar-refractivity contribution in [2.24, 2.45) is 0 Å². The molecule has 0 radical (unpaired) electrons. The number of nitrogen functional groups attached to an aromatic ring is 1. The Labute approximate surface area is 73.7 Å². The smallest absolute Gasteiger partial charge is 0.272 e. The van der Waals surface area contributed by atoms with Gasteiger partial charge in [0.15, 0.2) is 5.95 Å². The molecule has 0 bridgehead atoms. The highest BCUT2D eigenvalue weighted by molar-refractivity contribution is 5.18. The molecule has 1 aromatic rings. The number of imidazole rings is 1. The Morgan fingerprint density at radius 2 is 2.31 bits per heavy atom. The van der Waals surface area contributed by atoms with Crippen molar-refractivity contribution in [2.45, 2.75) is 12.5 Å². The van der Waals surface area contributed by atoms with Crippen LogP contribution in [0.1, 0.15) is 5.69 Å². The van der Waals surface area contributed by atoms with Crippen molar-refractivity contribution in [3.05, 3.63) is 11.9 Å². The van der Waals surface area contributed by atoms with E-state index in [1.165, 1.54) is 0 Å². The van der Waals surface area contributed by atoms with Crippen molar-refractivity contribution in [1.82, 2.24) is 14.9 Å². The van der Waals surface area contributed by atoms with Crippen LogP contribution in [0.4, 0.5) is 14.7 Å². The normalized spacial score (nSPS) is 21.4. The maximum Gasteiger partial charge on any atom is 0.272 e. The average Bonchev–Trinajstić information content (AvgIpc) is 2.31. The van der Waals surface area contributed by atoms with Gasteiger partial charge < -0.3 is 10.7 Å². The van der Waals surface area contributed by atoms with Crippen molar-refractivity contribution in [3.63, 3.8) is 0 Å². The second kappa shape index (κ2) is 2.66. The van der Waals surface area contributed by atoms with Crippen LogP contribution >= 0.6 is 0 Å². The molecule has 13 heavy (non-hydrogen) atoms. The number of anilines is 1. The van der Waals surface area contributed by atoms with Crippen LogP contribution in [-0.2, 0) is 6.54 Å². The lowest BCUT2D eigenvalue weighted by Crippen LogP contribution is -2.55. The third-order valence-electron chi connectivity index (χ3n) is 1.95. The molecule has 0 unspecified atom stereocenters. The molecule has 0 atom stereocenters. The highest BCUT2D eigenvalue weighted by atomic mass is 19.3. The summed E-state index contributed by atoms with van der Waals surface area (Å²) >= 11 is 0. The fraction of sp³-hybridized carbons (Fsp3) is 0.571. The van der Waals surface area contributed by atoms with Crippen molar-refractivity contribution < 1.29 is 8.78 Å². The first kappa shape index (κ1) is 8.43. The fourth-order valence-electron chi connectivity index (χ4n) is 1.42. The lowest BCUT2D eigenvalue weighted by molar-refractivity contribution is -0.134. The van der Waals surface area contributed by atoms with Gasteiger partial charge >= 0.3 is 0 Å². The first-order chi connectivity index (χ1) is 6.05. The maximum absolute atomic E-state index is 12.4. The molecule has 0 aromatic carbocycles. The van der Waals surface area contributed by atoms with Gasteiger partial charge in [-0.05, 0) is 0 Å². The minimum Gasteiger partial charge on any atom is -0.369 e. The Morgan fingerprint density at radius 3 is 2.77 bits per heavy atom. The van der Waals surface area contributed by atoms with Gasteiger partial charge in [0.2, 0.25) is 0 Å². The van der Waals surface area contributed by atoms with Crippen LogP contribution in [0.3, 0.4) is 0 Å². The molecule has 6 heteroatoms. The molecule has 1 aliphatic heterocycles. The number of alkyl halides is 2. The molecule has 1 aromatic heterocycles. The van der Waals surface area contributed by atoms with Crippen LogP contribution in [-0.4, -0.2) is 33.9 Å². The van der Waals surface area contributed by atoms with Crippen LogP contribution in [0.5, 0.6) is 0 Å². The highest BCUT2D eigenvalue weighted by Crippen LogP contribution is 2.27. The molecule has 1 aliphatic rings. The SMILES string of the molecule is Nc1ncc(CN2CC(F)(F)C2)[nH]1. The van der Waals surface area contributed by atoms with Gasteiger partial charge in [0.25, 0.3) is 5.92 Å². The van der Waals surface area contributed by atoms with Crippen LogP contribution in [0.15, 0.2) is 6.20 Å². The number of halogens is 2. The molecule has 3 N–H and O–H groups in total. The van der Waals surface area contributed by atoms with E-state index in [2.05, 4.69) is 9.97 Å². The Kier molecular flexibility index (Phi) is 1.73. The third-order valence-corrected chi connectivity index (χ3v) is 1.95. The van der Waals surface area contributed by atoms with E-state index in [9.17, 15) is 8.78 Å². The molecule has 4 nitrogen and oxygen atoms in total. The Morgan fingerprint density at radius 1 is 1.62 bits per heavy atom. The van der Waals surface area contributed by atoms with Crippen LogP contribution < -0.4 is 5.73 Å². The van der Waals surface area contributed by atoms with E-state index in [-0.39, 0.29) is 13.1 Å². The summed E-state index contributed by atoms with van der Waals surface area (Å²) in [6, 6.07) is 0. The van der Waals surface area contributed by atoms with Crippen LogP contribution in [0, 0.1) is 0 Å². The zero-order chi connectivity index (χ0) is 9.47. The number of aromatic nitrogens is 2. The third kappa shape index (κ3) is 1.77. The monoisotopic (exact) mass is 188 g/mol. The van der Waals surface area contributed by atoms with E-state index >= 15 is 0 Å². The molecule has 2 heterocycles. The summed E-state index contributed by atoms with van der Waals surface area (Å²) < 4.78 is 24.8. The van der Waals surface area contributed by atoms with Gasteiger partial charge in [0, 0.05) is 6.54 Å². The number of hydrogen-bond acceptors (Lipinski definition) is 3. The number of H-pyrrole nitrogens is 1. The van der Waals surface area contributed by atoms with Crippen molar-refractivity contribution in [2.75, 3.05) is 18.8 Å². The molecule has 0 aliphatic carbocycles. The van der Waals surface area contributed by atoms with E-state index < -0.39 is 5.92 Å². The topological polar surface area (TPSA) is 57.9 Å². The molecule has 1 fully saturated rings. The first-order valence-corrected chi connectivity index (χ1v) is 3.95. The fourth-order valence-corrected chi connectivity index (χ4v) is 1.42.